The number of aromatic amines is 2. The Balaban J connectivity index is 1.04. The molecule has 3 aliphatic heterocycles. The van der Waals surface area contributed by atoms with E-state index in [4.69, 9.17) is 4.74 Å². The van der Waals surface area contributed by atoms with Crippen molar-refractivity contribution >= 4 is 33.9 Å². The molecule has 248 valence electrons. The van der Waals surface area contributed by atoms with E-state index in [1.165, 1.54) is 25.3 Å². The number of aromatic nitrogens is 4. The van der Waals surface area contributed by atoms with E-state index in [2.05, 4.69) is 25.3 Å². The van der Waals surface area contributed by atoms with E-state index >= 15 is 0 Å². The van der Waals surface area contributed by atoms with E-state index < -0.39 is 18.0 Å². The van der Waals surface area contributed by atoms with Crippen molar-refractivity contribution in [2.24, 2.45) is 0 Å². The van der Waals surface area contributed by atoms with Crippen LogP contribution in [0, 0.1) is 12.7 Å². The Labute approximate surface area is 272 Å². The van der Waals surface area contributed by atoms with Gasteiger partial charge in [0, 0.05) is 49.6 Å². The predicted octanol–water partition coefficient (Wildman–Crippen LogP) is 4.65. The number of carbonyl (C=O) groups is 2. The van der Waals surface area contributed by atoms with Crippen LogP contribution in [0.1, 0.15) is 67.6 Å². The van der Waals surface area contributed by atoms with Crippen molar-refractivity contribution in [2.75, 3.05) is 39.3 Å². The Morgan fingerprint density at radius 3 is 2.47 bits per heavy atom. The Hall–Kier alpha value is -4.32. The molecule has 12 heteroatoms. The maximum atomic E-state index is 14.2. The van der Waals surface area contributed by atoms with Crippen LogP contribution in [0.15, 0.2) is 41.2 Å². The fraction of sp³-hybridized carbons (Fsp3) is 0.514. The summed E-state index contributed by atoms with van der Waals surface area (Å²) in [6, 6.07) is 10.8. The third-order valence-electron chi connectivity index (χ3n) is 10.3. The van der Waals surface area contributed by atoms with E-state index in [1.807, 2.05) is 24.0 Å². The molecule has 5 heterocycles. The summed E-state index contributed by atoms with van der Waals surface area (Å²) in [5.41, 5.74) is 3.74. The average molecular weight is 644 g/mol. The van der Waals surface area contributed by atoms with Gasteiger partial charge in [-0.05, 0) is 93.8 Å². The molecule has 0 saturated carbocycles. The molecule has 2 aromatic carbocycles. The number of fused-ring (bicyclic) bond motifs is 2. The summed E-state index contributed by atoms with van der Waals surface area (Å²) in [6.45, 7) is 6.27. The van der Waals surface area contributed by atoms with Gasteiger partial charge in [-0.15, -0.1) is 0 Å². The van der Waals surface area contributed by atoms with Gasteiger partial charge in [-0.2, -0.15) is 15.4 Å². The number of H-pyrrole nitrogens is 2. The van der Waals surface area contributed by atoms with Crippen LogP contribution in [-0.4, -0.2) is 98.5 Å². The zero-order valence-electron chi connectivity index (χ0n) is 26.8. The lowest BCUT2D eigenvalue weighted by atomic mass is 9.89. The molecule has 0 spiro atoms. The Morgan fingerprint density at radius 2 is 1.70 bits per heavy atom. The number of aryl methyl sites for hydroxylation is 1. The van der Waals surface area contributed by atoms with Gasteiger partial charge in [-0.25, -0.2) is 9.18 Å². The van der Waals surface area contributed by atoms with Gasteiger partial charge in [-0.3, -0.25) is 9.59 Å². The topological polar surface area (TPSA) is 128 Å². The number of benzene rings is 2. The number of carbonyl (C=O) groups excluding carboxylic acids is 2. The second-order valence-electron chi connectivity index (χ2n) is 13.4. The first-order valence-corrected chi connectivity index (χ1v) is 16.9. The van der Waals surface area contributed by atoms with Crippen LogP contribution in [0.5, 0.6) is 0 Å². The highest BCUT2D eigenvalue weighted by Gasteiger charge is 2.35. The molecule has 11 nitrogen and oxygen atoms in total. The van der Waals surface area contributed by atoms with E-state index in [0.29, 0.717) is 61.5 Å². The molecular formula is C35H42FN7O4. The first-order chi connectivity index (χ1) is 22.8. The lowest BCUT2D eigenvalue weighted by molar-refractivity contribution is -0.142. The normalized spacial score (nSPS) is 19.4. The number of likely N-dealkylation sites (tertiary alicyclic amines) is 3. The standard InChI is InChI=1S/C35H42FN7O4/c1-22-18-23(19-29-31(22)39-40-38-29)20-30(34(45)42-16-10-26(11-17-42)41-12-3-2-4-13-41)47-35(46)43-14-8-24(9-15-43)27-21-25-6-5-7-28(36)32(25)37-33(27)44/h5-7,18-19,21,24,26,30H,2-4,8-17,20H2,1H3,(H,37,44)(H,38,39,40). The highest BCUT2D eigenvalue weighted by atomic mass is 19.1. The van der Waals surface area contributed by atoms with Crippen molar-refractivity contribution in [3.63, 3.8) is 0 Å². The van der Waals surface area contributed by atoms with Crippen molar-refractivity contribution < 1.29 is 18.7 Å². The molecule has 2 amide bonds. The van der Waals surface area contributed by atoms with Crippen LogP contribution in [0.25, 0.3) is 21.9 Å². The van der Waals surface area contributed by atoms with E-state index in [9.17, 15) is 18.8 Å². The molecule has 3 aliphatic rings. The number of pyridine rings is 1. The Bertz CT molecular complexity index is 1820. The van der Waals surface area contributed by atoms with Crippen LogP contribution < -0.4 is 5.56 Å². The van der Waals surface area contributed by atoms with Gasteiger partial charge >= 0.3 is 6.09 Å². The summed E-state index contributed by atoms with van der Waals surface area (Å²) in [4.78, 5) is 49.2. The summed E-state index contributed by atoms with van der Waals surface area (Å²) in [5, 5.41) is 11.7. The number of piperidine rings is 3. The van der Waals surface area contributed by atoms with Crippen molar-refractivity contribution in [2.45, 2.75) is 76.4 Å². The summed E-state index contributed by atoms with van der Waals surface area (Å²) < 4.78 is 20.3. The van der Waals surface area contributed by atoms with Gasteiger partial charge in [0.1, 0.15) is 16.9 Å². The van der Waals surface area contributed by atoms with Crippen molar-refractivity contribution in [3.8, 4) is 0 Å². The minimum atomic E-state index is -0.978. The summed E-state index contributed by atoms with van der Waals surface area (Å²) in [7, 11) is 0. The van der Waals surface area contributed by atoms with Crippen LogP contribution in [0.4, 0.5) is 9.18 Å². The molecule has 0 radical (unpaired) electrons. The van der Waals surface area contributed by atoms with Gasteiger partial charge in [0.05, 0.1) is 5.52 Å². The van der Waals surface area contributed by atoms with Crippen LogP contribution in [-0.2, 0) is 16.0 Å². The molecule has 2 aromatic heterocycles. The Kier molecular flexibility index (Phi) is 8.94. The van der Waals surface area contributed by atoms with E-state index in [-0.39, 0.29) is 29.3 Å². The first kappa shape index (κ1) is 31.3. The lowest BCUT2D eigenvalue weighted by Crippen LogP contribution is -2.52. The number of nitrogens with one attached hydrogen (secondary N) is 2. The van der Waals surface area contributed by atoms with Gasteiger partial charge in [0.2, 0.25) is 0 Å². The maximum Gasteiger partial charge on any atom is 0.410 e. The monoisotopic (exact) mass is 643 g/mol. The minimum absolute atomic E-state index is 0.0775. The maximum absolute atomic E-state index is 14.2. The molecule has 1 unspecified atom stereocenters. The van der Waals surface area contributed by atoms with Crippen molar-refractivity contribution in [1.82, 2.24) is 35.1 Å². The second kappa shape index (κ2) is 13.4. The van der Waals surface area contributed by atoms with Crippen molar-refractivity contribution in [3.05, 3.63) is 69.3 Å². The number of nitrogens with zero attached hydrogens (tertiary/aromatic N) is 5. The fourth-order valence-corrected chi connectivity index (χ4v) is 7.73. The minimum Gasteiger partial charge on any atom is -0.436 e. The Morgan fingerprint density at radius 1 is 0.957 bits per heavy atom. The van der Waals surface area contributed by atoms with Gasteiger partial charge in [0.15, 0.2) is 6.10 Å². The predicted molar refractivity (Wildman–Crippen MR) is 176 cm³/mol. The smallest absolute Gasteiger partial charge is 0.410 e. The van der Waals surface area contributed by atoms with E-state index in [0.717, 1.165) is 42.6 Å². The third-order valence-corrected chi connectivity index (χ3v) is 10.3. The second-order valence-corrected chi connectivity index (χ2v) is 13.4. The molecular weight excluding hydrogens is 601 g/mol. The number of amides is 2. The molecule has 0 bridgehead atoms. The zero-order valence-corrected chi connectivity index (χ0v) is 26.8. The number of para-hydroxylation sites is 1. The van der Waals surface area contributed by atoms with Gasteiger partial charge in [-0.1, -0.05) is 24.6 Å². The molecule has 47 heavy (non-hydrogen) atoms. The lowest BCUT2D eigenvalue weighted by Gasteiger charge is -2.41. The summed E-state index contributed by atoms with van der Waals surface area (Å²) in [5.74, 6) is -0.709. The average Bonchev–Trinajstić information content (AvgIpc) is 3.58. The first-order valence-electron chi connectivity index (χ1n) is 16.9. The molecule has 4 aromatic rings. The SMILES string of the molecule is Cc1cc(CC(OC(=O)N2CCC(c3cc4cccc(F)c4[nH]c3=O)CC2)C(=O)N2CCC(N3CCCCC3)CC2)cc2n[nH]nc12. The highest BCUT2D eigenvalue weighted by molar-refractivity contribution is 5.85. The molecule has 7 rings (SSSR count). The van der Waals surface area contributed by atoms with Gasteiger partial charge in [0.25, 0.3) is 11.5 Å². The molecule has 2 N–H and O–H groups in total. The van der Waals surface area contributed by atoms with Crippen LogP contribution in [0.2, 0.25) is 0 Å². The largest absolute Gasteiger partial charge is 0.436 e. The molecule has 1 atom stereocenters. The van der Waals surface area contributed by atoms with Crippen LogP contribution >= 0.6 is 0 Å². The number of halogens is 1. The quantitative estimate of drug-likeness (QED) is 0.313. The zero-order chi connectivity index (χ0) is 32.5. The number of hydrogen-bond acceptors (Lipinski definition) is 7. The molecule has 3 saturated heterocycles. The molecule has 0 aliphatic carbocycles. The third kappa shape index (κ3) is 6.60. The van der Waals surface area contributed by atoms with Crippen molar-refractivity contribution in [1.29, 1.82) is 0 Å². The molecule has 3 fully saturated rings. The van der Waals surface area contributed by atoms with Gasteiger partial charge < -0.3 is 24.4 Å². The van der Waals surface area contributed by atoms with Crippen LogP contribution in [0.3, 0.4) is 0 Å². The summed E-state index contributed by atoms with van der Waals surface area (Å²) >= 11 is 0. The fourth-order valence-electron chi connectivity index (χ4n) is 7.73. The highest BCUT2D eigenvalue weighted by Crippen LogP contribution is 2.29. The number of rotatable bonds is 6. The number of ether oxygens (including phenoxy) is 1. The number of hydrogen-bond donors (Lipinski definition) is 2. The van der Waals surface area contributed by atoms with E-state index in [1.54, 1.807) is 23.1 Å². The summed E-state index contributed by atoms with van der Waals surface area (Å²) in [6.07, 6.45) is 5.46.